The Morgan fingerprint density at radius 2 is 1.53 bits per heavy atom. The lowest BCUT2D eigenvalue weighted by molar-refractivity contribution is -0.122. The second-order valence-corrected chi connectivity index (χ2v) is 9.78. The van der Waals surface area contributed by atoms with Crippen LogP contribution in [-0.4, -0.2) is 35.1 Å². The first kappa shape index (κ1) is 23.4. The Hall–Kier alpha value is -3.75. The monoisotopic (exact) mass is 474 g/mol. The van der Waals surface area contributed by atoms with Crippen LogP contribution in [0.3, 0.4) is 0 Å². The Labute approximate surface area is 199 Å². The van der Waals surface area contributed by atoms with E-state index in [9.17, 15) is 13.2 Å². The van der Waals surface area contributed by atoms with Gasteiger partial charge >= 0.3 is 0 Å². The molecule has 7 nitrogen and oxygen atoms in total. The molecule has 34 heavy (non-hydrogen) atoms. The highest BCUT2D eigenvalue weighted by Crippen LogP contribution is 2.20. The maximum Gasteiger partial charge on any atom is 0.243 e. The number of hydrogen-bond acceptors (Lipinski definition) is 4. The number of carbonyl (C=O) groups excluding carboxylic acids is 1. The van der Waals surface area contributed by atoms with Crippen LogP contribution in [-0.2, 0) is 27.8 Å². The van der Waals surface area contributed by atoms with E-state index in [0.717, 1.165) is 17.0 Å². The minimum Gasteiger partial charge on any atom is -0.349 e. The molecule has 174 valence electrons. The van der Waals surface area contributed by atoms with E-state index in [1.807, 2.05) is 60.7 Å². The minimum atomic E-state index is -3.89. The van der Waals surface area contributed by atoms with Gasteiger partial charge in [-0.25, -0.2) is 13.4 Å². The van der Waals surface area contributed by atoms with Gasteiger partial charge < -0.3 is 10.3 Å². The first-order valence-electron chi connectivity index (χ1n) is 10.9. The van der Waals surface area contributed by atoms with Gasteiger partial charge in [-0.1, -0.05) is 78.9 Å². The van der Waals surface area contributed by atoms with E-state index < -0.39 is 15.9 Å². The SMILES string of the molecule is O=C(CN(Cc1ccccc1)S(=O)(=O)c1ccccc1)N[C@@H](Cc1ncc[nH]1)c1ccccc1. The number of benzene rings is 3. The number of nitrogens with zero attached hydrogens (tertiary/aromatic N) is 2. The van der Waals surface area contributed by atoms with Crippen LogP contribution in [0.5, 0.6) is 0 Å². The standard InChI is InChI=1S/C26H26N4O3S/c31-26(29-24(18-25-27-16-17-28-25)22-12-6-2-7-13-22)20-30(19-21-10-4-1-5-11-21)34(32,33)23-14-8-3-9-15-23/h1-17,24H,18-20H2,(H,27,28)(H,29,31)/t24-/m0/s1. The van der Waals surface area contributed by atoms with E-state index in [4.69, 9.17) is 0 Å². The van der Waals surface area contributed by atoms with Crippen LogP contribution in [0.25, 0.3) is 0 Å². The van der Waals surface area contributed by atoms with E-state index in [1.165, 1.54) is 16.4 Å². The zero-order valence-electron chi connectivity index (χ0n) is 18.5. The smallest absolute Gasteiger partial charge is 0.243 e. The molecule has 1 atom stereocenters. The van der Waals surface area contributed by atoms with E-state index in [2.05, 4.69) is 15.3 Å². The average Bonchev–Trinajstić information content (AvgIpc) is 3.38. The number of hydrogen-bond donors (Lipinski definition) is 2. The van der Waals surface area contributed by atoms with Crippen molar-refractivity contribution in [3.05, 3.63) is 120 Å². The van der Waals surface area contributed by atoms with Gasteiger partial charge in [0.2, 0.25) is 15.9 Å². The molecule has 0 radical (unpaired) electrons. The molecule has 2 N–H and O–H groups in total. The Morgan fingerprint density at radius 1 is 0.912 bits per heavy atom. The van der Waals surface area contributed by atoms with E-state index in [0.29, 0.717) is 6.42 Å². The van der Waals surface area contributed by atoms with Gasteiger partial charge in [-0.3, -0.25) is 4.79 Å². The van der Waals surface area contributed by atoms with Gasteiger partial charge in [0.05, 0.1) is 17.5 Å². The predicted octanol–water partition coefficient (Wildman–Crippen LogP) is 3.70. The summed E-state index contributed by atoms with van der Waals surface area (Å²) >= 11 is 0. The number of aromatic amines is 1. The maximum absolute atomic E-state index is 13.4. The van der Waals surface area contributed by atoms with Crippen LogP contribution in [0.1, 0.15) is 23.0 Å². The summed E-state index contributed by atoms with van der Waals surface area (Å²) in [4.78, 5) is 20.7. The van der Waals surface area contributed by atoms with Crippen LogP contribution in [0, 0.1) is 0 Å². The molecule has 1 aromatic heterocycles. The van der Waals surface area contributed by atoms with Gasteiger partial charge in [0.25, 0.3) is 0 Å². The third kappa shape index (κ3) is 5.98. The normalized spacial score (nSPS) is 12.4. The molecule has 0 aliphatic carbocycles. The van der Waals surface area contributed by atoms with Crippen molar-refractivity contribution in [2.75, 3.05) is 6.54 Å². The molecule has 0 spiro atoms. The molecule has 4 aromatic rings. The average molecular weight is 475 g/mol. The maximum atomic E-state index is 13.4. The Morgan fingerprint density at radius 3 is 2.15 bits per heavy atom. The van der Waals surface area contributed by atoms with E-state index >= 15 is 0 Å². The third-order valence-corrected chi connectivity index (χ3v) is 7.20. The molecular formula is C26H26N4O3S. The predicted molar refractivity (Wildman–Crippen MR) is 130 cm³/mol. The molecule has 0 aliphatic rings. The summed E-state index contributed by atoms with van der Waals surface area (Å²) < 4.78 is 28.0. The first-order chi connectivity index (χ1) is 16.5. The summed E-state index contributed by atoms with van der Waals surface area (Å²) in [6.45, 7) is -0.229. The number of H-pyrrole nitrogens is 1. The van der Waals surface area contributed by atoms with E-state index in [-0.39, 0.29) is 24.0 Å². The molecule has 1 heterocycles. The van der Waals surface area contributed by atoms with Crippen molar-refractivity contribution in [1.29, 1.82) is 0 Å². The fourth-order valence-electron chi connectivity index (χ4n) is 3.70. The van der Waals surface area contributed by atoms with Crippen molar-refractivity contribution in [2.24, 2.45) is 0 Å². The Balaban J connectivity index is 1.57. The highest BCUT2D eigenvalue weighted by Gasteiger charge is 2.28. The molecule has 0 bridgehead atoms. The zero-order valence-corrected chi connectivity index (χ0v) is 19.4. The van der Waals surface area contributed by atoms with Crippen LogP contribution in [0.15, 0.2) is 108 Å². The quantitative estimate of drug-likeness (QED) is 0.366. The molecular weight excluding hydrogens is 448 g/mol. The molecule has 3 aromatic carbocycles. The summed E-state index contributed by atoms with van der Waals surface area (Å²) in [5, 5.41) is 3.01. The van der Waals surface area contributed by atoms with Crippen LogP contribution < -0.4 is 5.32 Å². The second-order valence-electron chi connectivity index (χ2n) is 7.84. The Kier molecular flexibility index (Phi) is 7.51. The highest BCUT2D eigenvalue weighted by molar-refractivity contribution is 7.89. The summed E-state index contributed by atoms with van der Waals surface area (Å²) in [5.74, 6) is 0.336. The zero-order chi connectivity index (χ0) is 23.8. The van der Waals surface area contributed by atoms with Crippen LogP contribution in [0.2, 0.25) is 0 Å². The molecule has 1 amide bonds. The fourth-order valence-corrected chi connectivity index (χ4v) is 5.10. The lowest BCUT2D eigenvalue weighted by Crippen LogP contribution is -2.42. The van der Waals surface area contributed by atoms with Crippen molar-refractivity contribution in [1.82, 2.24) is 19.6 Å². The van der Waals surface area contributed by atoms with Gasteiger partial charge in [-0.15, -0.1) is 0 Å². The largest absolute Gasteiger partial charge is 0.349 e. The topological polar surface area (TPSA) is 95.2 Å². The molecule has 0 fully saturated rings. The number of imidazole rings is 1. The molecule has 0 aliphatic heterocycles. The number of amides is 1. The molecule has 4 rings (SSSR count). The highest BCUT2D eigenvalue weighted by atomic mass is 32.2. The van der Waals surface area contributed by atoms with Crippen LogP contribution >= 0.6 is 0 Å². The minimum absolute atomic E-state index is 0.0830. The Bertz CT molecular complexity index is 1280. The molecule has 0 unspecified atom stereocenters. The van der Waals surface area contributed by atoms with Crippen molar-refractivity contribution in [2.45, 2.75) is 23.9 Å². The summed E-state index contributed by atoms with van der Waals surface area (Å²) in [6, 6.07) is 26.6. The molecule has 0 saturated carbocycles. The number of sulfonamides is 1. The number of rotatable bonds is 10. The van der Waals surface area contributed by atoms with Gasteiger partial charge in [-0.2, -0.15) is 4.31 Å². The first-order valence-corrected chi connectivity index (χ1v) is 12.4. The lowest BCUT2D eigenvalue weighted by Gasteiger charge is -2.24. The van der Waals surface area contributed by atoms with Crippen molar-refractivity contribution in [3.63, 3.8) is 0 Å². The second kappa shape index (κ2) is 10.9. The molecule has 0 saturated heterocycles. The number of carbonyl (C=O) groups is 1. The summed E-state index contributed by atoms with van der Waals surface area (Å²) in [6.07, 6.45) is 3.84. The third-order valence-electron chi connectivity index (χ3n) is 5.39. The molecule has 8 heteroatoms. The van der Waals surface area contributed by atoms with Gasteiger partial charge in [-0.05, 0) is 23.3 Å². The van der Waals surface area contributed by atoms with Gasteiger partial charge in [0.15, 0.2) is 0 Å². The van der Waals surface area contributed by atoms with Crippen LogP contribution in [0.4, 0.5) is 0 Å². The van der Waals surface area contributed by atoms with Gasteiger partial charge in [0, 0.05) is 25.4 Å². The van der Waals surface area contributed by atoms with Gasteiger partial charge in [0.1, 0.15) is 5.82 Å². The summed E-state index contributed by atoms with van der Waals surface area (Å²) in [7, 11) is -3.89. The van der Waals surface area contributed by atoms with E-state index in [1.54, 1.807) is 30.6 Å². The fraction of sp³-hybridized carbons (Fsp3) is 0.154. The lowest BCUT2D eigenvalue weighted by atomic mass is 10.0. The van der Waals surface area contributed by atoms with Crippen molar-refractivity contribution < 1.29 is 13.2 Å². The number of aromatic nitrogens is 2. The summed E-state index contributed by atoms with van der Waals surface area (Å²) in [5.41, 5.74) is 1.71. The number of nitrogens with one attached hydrogen (secondary N) is 2. The van der Waals surface area contributed by atoms with Crippen molar-refractivity contribution >= 4 is 15.9 Å². The van der Waals surface area contributed by atoms with Crippen molar-refractivity contribution in [3.8, 4) is 0 Å².